The molecule has 5 nitrogen and oxygen atoms in total. The molecule has 2 aliphatic carbocycles. The van der Waals surface area contributed by atoms with Crippen molar-refractivity contribution in [2.24, 2.45) is 23.7 Å². The van der Waals surface area contributed by atoms with Crippen molar-refractivity contribution in [2.75, 3.05) is 6.54 Å². The topological polar surface area (TPSA) is 74.7 Å². The first-order valence-corrected chi connectivity index (χ1v) is 6.16. The number of fused-ring (bicyclic) bond motifs is 5. The van der Waals surface area contributed by atoms with Crippen LogP contribution in [-0.2, 0) is 14.4 Å². The van der Waals surface area contributed by atoms with E-state index >= 15 is 0 Å². The molecule has 0 aromatic rings. The lowest BCUT2D eigenvalue weighted by molar-refractivity contribution is -0.142. The fourth-order valence-corrected chi connectivity index (χ4v) is 3.90. The zero-order chi connectivity index (χ0) is 12.2. The Balaban J connectivity index is 1.78. The third-order valence-electron chi connectivity index (χ3n) is 4.57. The van der Waals surface area contributed by atoms with E-state index in [1.54, 1.807) is 0 Å². The molecule has 17 heavy (non-hydrogen) atoms. The van der Waals surface area contributed by atoms with E-state index in [2.05, 4.69) is 0 Å². The maximum atomic E-state index is 12.1. The van der Waals surface area contributed by atoms with Crippen LogP contribution in [0.15, 0.2) is 0 Å². The molecular formula is C12H15NO4. The minimum absolute atomic E-state index is 0.0411. The number of hydrogen-bond acceptors (Lipinski definition) is 3. The number of nitrogens with zero attached hydrogens (tertiary/aromatic N) is 1. The zero-order valence-electron chi connectivity index (χ0n) is 9.46. The molecule has 0 radical (unpaired) electrons. The number of aliphatic carboxylic acids is 1. The summed E-state index contributed by atoms with van der Waals surface area (Å²) >= 11 is 0. The Labute approximate surface area is 98.8 Å². The van der Waals surface area contributed by atoms with Gasteiger partial charge in [-0.2, -0.15) is 0 Å². The van der Waals surface area contributed by atoms with Gasteiger partial charge in [-0.25, -0.2) is 0 Å². The second-order valence-corrected chi connectivity index (χ2v) is 5.36. The summed E-state index contributed by atoms with van der Waals surface area (Å²) in [5.41, 5.74) is 0. The van der Waals surface area contributed by atoms with E-state index in [1.807, 2.05) is 0 Å². The van der Waals surface area contributed by atoms with Crippen molar-refractivity contribution in [3.8, 4) is 0 Å². The summed E-state index contributed by atoms with van der Waals surface area (Å²) < 4.78 is 0. The maximum Gasteiger partial charge on any atom is 0.305 e. The average Bonchev–Trinajstić information content (AvgIpc) is 2.92. The Bertz CT molecular complexity index is 377. The monoisotopic (exact) mass is 237 g/mol. The molecule has 1 heterocycles. The minimum Gasteiger partial charge on any atom is -0.481 e. The van der Waals surface area contributed by atoms with Crippen LogP contribution < -0.4 is 0 Å². The van der Waals surface area contributed by atoms with E-state index in [1.165, 1.54) is 4.90 Å². The van der Waals surface area contributed by atoms with E-state index in [-0.39, 0.29) is 36.6 Å². The zero-order valence-corrected chi connectivity index (χ0v) is 9.46. The summed E-state index contributed by atoms with van der Waals surface area (Å²) in [6, 6.07) is 0. The lowest BCUT2D eigenvalue weighted by Gasteiger charge is -2.19. The Kier molecular flexibility index (Phi) is 2.24. The largest absolute Gasteiger partial charge is 0.481 e. The highest BCUT2D eigenvalue weighted by Crippen LogP contribution is 2.56. The highest BCUT2D eigenvalue weighted by atomic mass is 16.4. The van der Waals surface area contributed by atoms with Crippen LogP contribution in [0, 0.1) is 23.7 Å². The summed E-state index contributed by atoms with van der Waals surface area (Å²) in [5.74, 6) is -0.717. The molecule has 1 aliphatic heterocycles. The summed E-state index contributed by atoms with van der Waals surface area (Å²) in [4.78, 5) is 35.9. The minimum atomic E-state index is -0.967. The molecule has 3 fully saturated rings. The molecule has 0 aromatic heterocycles. The molecule has 0 unspecified atom stereocenters. The van der Waals surface area contributed by atoms with Gasteiger partial charge in [0.05, 0.1) is 18.3 Å². The molecule has 0 spiro atoms. The lowest BCUT2D eigenvalue weighted by Crippen LogP contribution is -2.34. The van der Waals surface area contributed by atoms with Gasteiger partial charge in [-0.1, -0.05) is 0 Å². The molecule has 5 heteroatoms. The first-order chi connectivity index (χ1) is 8.09. The van der Waals surface area contributed by atoms with Crippen LogP contribution >= 0.6 is 0 Å². The van der Waals surface area contributed by atoms with E-state index < -0.39 is 5.97 Å². The van der Waals surface area contributed by atoms with Crippen LogP contribution in [0.1, 0.15) is 25.7 Å². The summed E-state index contributed by atoms with van der Waals surface area (Å²) in [6.07, 6.45) is 2.97. The molecule has 1 saturated heterocycles. The first kappa shape index (κ1) is 10.7. The molecule has 2 amide bonds. The number of imide groups is 1. The van der Waals surface area contributed by atoms with Gasteiger partial charge in [0.2, 0.25) is 11.8 Å². The predicted molar refractivity (Wildman–Crippen MR) is 56.8 cm³/mol. The Morgan fingerprint density at radius 2 is 1.71 bits per heavy atom. The van der Waals surface area contributed by atoms with E-state index in [0.29, 0.717) is 11.8 Å². The molecule has 3 aliphatic rings. The van der Waals surface area contributed by atoms with Crippen LogP contribution in [0.3, 0.4) is 0 Å². The van der Waals surface area contributed by atoms with E-state index in [0.717, 1.165) is 19.3 Å². The van der Waals surface area contributed by atoms with E-state index in [9.17, 15) is 14.4 Å². The highest BCUT2D eigenvalue weighted by Gasteiger charge is 2.60. The molecular weight excluding hydrogens is 222 g/mol. The molecule has 2 saturated carbocycles. The normalized spacial score (nSPS) is 38.9. The van der Waals surface area contributed by atoms with Crippen LogP contribution in [0.25, 0.3) is 0 Å². The number of hydrogen-bond donors (Lipinski definition) is 1. The van der Waals surface area contributed by atoms with Crippen molar-refractivity contribution in [2.45, 2.75) is 25.7 Å². The van der Waals surface area contributed by atoms with Gasteiger partial charge in [-0.15, -0.1) is 0 Å². The number of carbonyl (C=O) groups excluding carboxylic acids is 2. The molecule has 92 valence electrons. The van der Waals surface area contributed by atoms with Gasteiger partial charge in [0.15, 0.2) is 0 Å². The Morgan fingerprint density at radius 3 is 2.18 bits per heavy atom. The number of amides is 2. The third-order valence-corrected chi connectivity index (χ3v) is 4.57. The summed E-state index contributed by atoms with van der Waals surface area (Å²) in [6.45, 7) is 0.0411. The fraction of sp³-hybridized carbons (Fsp3) is 0.750. The summed E-state index contributed by atoms with van der Waals surface area (Å²) in [5, 5.41) is 8.62. The van der Waals surface area contributed by atoms with Gasteiger partial charge in [0.1, 0.15) is 0 Å². The van der Waals surface area contributed by atoms with Gasteiger partial charge in [-0.3, -0.25) is 19.3 Å². The van der Waals surface area contributed by atoms with Crippen LogP contribution in [0.5, 0.6) is 0 Å². The fourth-order valence-electron chi connectivity index (χ4n) is 3.90. The Morgan fingerprint density at radius 1 is 1.18 bits per heavy atom. The highest BCUT2D eigenvalue weighted by molar-refractivity contribution is 6.06. The SMILES string of the molecule is O=C(O)CCN1C(=O)[C@@H]2[C@H]3CC[C@@H](C3)[C@@H]2C1=O. The number of carbonyl (C=O) groups is 3. The third kappa shape index (κ3) is 1.41. The number of carboxylic acid groups (broad SMARTS) is 1. The van der Waals surface area contributed by atoms with Crippen LogP contribution in [0.4, 0.5) is 0 Å². The van der Waals surface area contributed by atoms with Gasteiger partial charge >= 0.3 is 5.97 Å². The molecule has 0 aromatic carbocycles. The quantitative estimate of drug-likeness (QED) is 0.725. The first-order valence-electron chi connectivity index (χ1n) is 6.16. The number of likely N-dealkylation sites (tertiary alicyclic amines) is 1. The van der Waals surface area contributed by atoms with Gasteiger partial charge < -0.3 is 5.11 Å². The van der Waals surface area contributed by atoms with Crippen molar-refractivity contribution in [3.63, 3.8) is 0 Å². The Hall–Kier alpha value is -1.39. The van der Waals surface area contributed by atoms with Crippen molar-refractivity contribution in [1.82, 2.24) is 4.90 Å². The van der Waals surface area contributed by atoms with Gasteiger partial charge in [-0.05, 0) is 31.1 Å². The molecule has 4 atom stereocenters. The van der Waals surface area contributed by atoms with Crippen LogP contribution in [0.2, 0.25) is 0 Å². The number of rotatable bonds is 3. The average molecular weight is 237 g/mol. The lowest BCUT2D eigenvalue weighted by atomic mass is 9.81. The molecule has 2 bridgehead atoms. The number of carboxylic acids is 1. The van der Waals surface area contributed by atoms with Crippen molar-refractivity contribution in [1.29, 1.82) is 0 Å². The van der Waals surface area contributed by atoms with Crippen molar-refractivity contribution < 1.29 is 19.5 Å². The van der Waals surface area contributed by atoms with Crippen molar-refractivity contribution in [3.05, 3.63) is 0 Å². The second kappa shape index (κ2) is 3.55. The maximum absolute atomic E-state index is 12.1. The van der Waals surface area contributed by atoms with E-state index in [4.69, 9.17) is 5.11 Å². The standard InChI is InChI=1S/C12H15NO4/c14-8(15)3-4-13-11(16)9-6-1-2-7(5-6)10(9)12(13)17/h6-7,9-10H,1-5H2,(H,14,15)/t6-,7-,9-,10+/m0/s1. The van der Waals surface area contributed by atoms with Gasteiger partial charge in [0.25, 0.3) is 0 Å². The predicted octanol–water partition coefficient (Wildman–Crippen LogP) is 0.492. The molecule has 1 N–H and O–H groups in total. The van der Waals surface area contributed by atoms with Crippen LogP contribution in [-0.4, -0.2) is 34.3 Å². The summed E-state index contributed by atoms with van der Waals surface area (Å²) in [7, 11) is 0. The second-order valence-electron chi connectivity index (χ2n) is 5.36. The van der Waals surface area contributed by atoms with Crippen molar-refractivity contribution >= 4 is 17.8 Å². The van der Waals surface area contributed by atoms with Gasteiger partial charge in [0, 0.05) is 6.54 Å². The smallest absolute Gasteiger partial charge is 0.305 e. The molecule has 3 rings (SSSR count).